The summed E-state index contributed by atoms with van der Waals surface area (Å²) in [5.74, 6) is 1.21. The molecule has 0 spiro atoms. The highest BCUT2D eigenvalue weighted by atomic mass is 35.5. The molecule has 30 heavy (non-hydrogen) atoms. The number of nitrogens with zero attached hydrogens (tertiary/aromatic N) is 2. The monoisotopic (exact) mass is 422 g/mol. The molecule has 4 rings (SSSR count). The van der Waals surface area contributed by atoms with Gasteiger partial charge in [0.15, 0.2) is 0 Å². The summed E-state index contributed by atoms with van der Waals surface area (Å²) in [6.45, 7) is 5.21. The number of H-pyrrole nitrogens is 1. The number of imidazole rings is 1. The van der Waals surface area contributed by atoms with Gasteiger partial charge in [-0.2, -0.15) is 0 Å². The highest BCUT2D eigenvalue weighted by Gasteiger charge is 2.23. The number of aromatic nitrogens is 3. The van der Waals surface area contributed by atoms with Crippen molar-refractivity contribution in [2.24, 2.45) is 0 Å². The zero-order valence-electron chi connectivity index (χ0n) is 17.1. The van der Waals surface area contributed by atoms with Crippen molar-refractivity contribution < 1.29 is 9.53 Å². The predicted octanol–water partition coefficient (Wildman–Crippen LogP) is 5.20. The lowest BCUT2D eigenvalue weighted by Gasteiger charge is -2.13. The summed E-state index contributed by atoms with van der Waals surface area (Å²) in [7, 11) is 1.66. The quantitative estimate of drug-likeness (QED) is 0.448. The molecule has 7 heteroatoms. The van der Waals surface area contributed by atoms with Crippen LogP contribution in [-0.4, -0.2) is 34.2 Å². The van der Waals surface area contributed by atoms with Gasteiger partial charge < -0.3 is 19.6 Å². The van der Waals surface area contributed by atoms with Gasteiger partial charge in [0.2, 0.25) is 0 Å². The van der Waals surface area contributed by atoms with E-state index < -0.39 is 0 Å². The van der Waals surface area contributed by atoms with Gasteiger partial charge in [0.05, 0.1) is 23.2 Å². The lowest BCUT2D eigenvalue weighted by atomic mass is 10.1. The predicted molar refractivity (Wildman–Crippen MR) is 120 cm³/mol. The van der Waals surface area contributed by atoms with Crippen LogP contribution in [0.4, 0.5) is 5.82 Å². The van der Waals surface area contributed by atoms with E-state index in [-0.39, 0.29) is 5.91 Å². The summed E-state index contributed by atoms with van der Waals surface area (Å²) in [6.07, 6.45) is 0. The minimum absolute atomic E-state index is 0.208. The molecule has 0 fully saturated rings. The second-order valence-electron chi connectivity index (χ2n) is 7.14. The molecule has 2 aromatic carbocycles. The van der Waals surface area contributed by atoms with Gasteiger partial charge in [-0.3, -0.25) is 4.79 Å². The van der Waals surface area contributed by atoms with Crippen molar-refractivity contribution in [3.05, 3.63) is 70.4 Å². The van der Waals surface area contributed by atoms with E-state index >= 15 is 0 Å². The maximum atomic E-state index is 13.0. The molecule has 0 aliphatic rings. The van der Waals surface area contributed by atoms with Crippen LogP contribution in [0.1, 0.15) is 21.6 Å². The Morgan fingerprint density at radius 3 is 2.60 bits per heavy atom. The van der Waals surface area contributed by atoms with Crippen molar-refractivity contribution in [2.45, 2.75) is 20.4 Å². The fourth-order valence-electron chi connectivity index (χ4n) is 3.60. The fraction of sp³-hybridized carbons (Fsp3) is 0.217. The van der Waals surface area contributed by atoms with E-state index in [4.69, 9.17) is 21.3 Å². The molecule has 0 radical (unpaired) electrons. The molecule has 0 saturated heterocycles. The van der Waals surface area contributed by atoms with Crippen molar-refractivity contribution >= 4 is 34.4 Å². The smallest absolute Gasteiger partial charge is 0.256 e. The van der Waals surface area contributed by atoms with Crippen molar-refractivity contribution in [1.29, 1.82) is 0 Å². The van der Waals surface area contributed by atoms with E-state index in [1.54, 1.807) is 31.4 Å². The molecule has 0 unspecified atom stereocenters. The summed E-state index contributed by atoms with van der Waals surface area (Å²) in [5.41, 5.74) is 5.34. The number of hydrogen-bond acceptors (Lipinski definition) is 3. The third-order valence-corrected chi connectivity index (χ3v) is 5.56. The van der Waals surface area contributed by atoms with Crippen molar-refractivity contribution in [3.63, 3.8) is 0 Å². The fourth-order valence-corrected chi connectivity index (χ4v) is 3.72. The van der Waals surface area contributed by atoms with Gasteiger partial charge in [-0.25, -0.2) is 4.98 Å². The standard InChI is InChI=1S/C23H23ClN4O2/c1-14-15(2)28(12-13-30-3)22(27-23(29)16-8-10-17(24)11-9-16)20(14)21-25-18-6-4-5-7-19(18)26-21/h4-11H,12-13H2,1-3H3,(H,25,26)(H,27,29). The normalized spacial score (nSPS) is 11.2. The minimum atomic E-state index is -0.208. The van der Waals surface area contributed by atoms with Gasteiger partial charge in [0.25, 0.3) is 5.91 Å². The van der Waals surface area contributed by atoms with E-state index in [0.717, 1.165) is 33.7 Å². The summed E-state index contributed by atoms with van der Waals surface area (Å²) < 4.78 is 7.35. The molecule has 0 bridgehead atoms. The van der Waals surface area contributed by atoms with E-state index in [1.807, 2.05) is 38.1 Å². The molecule has 0 aliphatic heterocycles. The van der Waals surface area contributed by atoms with Crippen LogP contribution in [0.5, 0.6) is 0 Å². The largest absolute Gasteiger partial charge is 0.383 e. The number of ether oxygens (including phenoxy) is 1. The molecule has 6 nitrogen and oxygen atoms in total. The molecule has 2 heterocycles. The Morgan fingerprint density at radius 2 is 1.90 bits per heavy atom. The zero-order chi connectivity index (χ0) is 21.3. The van der Waals surface area contributed by atoms with Crippen LogP contribution in [0.15, 0.2) is 48.5 Å². The van der Waals surface area contributed by atoms with Crippen LogP contribution in [0.25, 0.3) is 22.4 Å². The third kappa shape index (κ3) is 3.72. The maximum Gasteiger partial charge on any atom is 0.256 e. The van der Waals surface area contributed by atoms with E-state index in [1.165, 1.54) is 0 Å². The topological polar surface area (TPSA) is 71.9 Å². The minimum Gasteiger partial charge on any atom is -0.383 e. The van der Waals surface area contributed by atoms with Crippen LogP contribution < -0.4 is 5.32 Å². The highest BCUT2D eigenvalue weighted by Crippen LogP contribution is 2.36. The number of benzene rings is 2. The average molecular weight is 423 g/mol. The van der Waals surface area contributed by atoms with E-state index in [0.29, 0.717) is 29.6 Å². The number of carbonyl (C=O) groups excluding carboxylic acids is 1. The number of nitrogens with one attached hydrogen (secondary N) is 2. The average Bonchev–Trinajstić information content (AvgIpc) is 3.26. The number of anilines is 1. The third-order valence-electron chi connectivity index (χ3n) is 5.31. The Kier molecular flexibility index (Phi) is 5.61. The van der Waals surface area contributed by atoms with Gasteiger partial charge >= 0.3 is 0 Å². The van der Waals surface area contributed by atoms with Crippen LogP contribution >= 0.6 is 11.6 Å². The first-order chi connectivity index (χ1) is 14.5. The number of halogens is 1. The summed E-state index contributed by atoms with van der Waals surface area (Å²) in [4.78, 5) is 21.1. The van der Waals surface area contributed by atoms with Gasteiger partial charge in [0.1, 0.15) is 11.6 Å². The van der Waals surface area contributed by atoms with E-state index in [9.17, 15) is 4.79 Å². The van der Waals surface area contributed by atoms with Crippen LogP contribution in [0.3, 0.4) is 0 Å². The Morgan fingerprint density at radius 1 is 1.17 bits per heavy atom. The maximum absolute atomic E-state index is 13.0. The first-order valence-electron chi connectivity index (χ1n) is 9.70. The number of rotatable bonds is 6. The number of methoxy groups -OCH3 is 1. The molecule has 1 amide bonds. The van der Waals surface area contributed by atoms with Crippen molar-refractivity contribution in [2.75, 3.05) is 19.0 Å². The first kappa shape index (κ1) is 20.2. The lowest BCUT2D eigenvalue weighted by Crippen LogP contribution is -2.17. The SMILES string of the molecule is COCCn1c(C)c(C)c(-c2nc3ccccc3[nH]2)c1NC(=O)c1ccc(Cl)cc1. The Bertz CT molecular complexity index is 1180. The van der Waals surface area contributed by atoms with Gasteiger partial charge in [-0.1, -0.05) is 23.7 Å². The molecule has 154 valence electrons. The Balaban J connectivity index is 1.82. The summed E-state index contributed by atoms with van der Waals surface area (Å²) in [6, 6.07) is 14.7. The molecular weight excluding hydrogens is 400 g/mol. The van der Waals surface area contributed by atoms with E-state index in [2.05, 4.69) is 14.9 Å². The molecule has 2 N–H and O–H groups in total. The van der Waals surface area contributed by atoms with Gasteiger partial charge in [0, 0.05) is 29.9 Å². The highest BCUT2D eigenvalue weighted by molar-refractivity contribution is 6.30. The molecule has 0 saturated carbocycles. The Hall–Kier alpha value is -3.09. The van der Waals surface area contributed by atoms with Gasteiger partial charge in [-0.05, 0) is 55.8 Å². The van der Waals surface area contributed by atoms with Crippen molar-refractivity contribution in [1.82, 2.24) is 14.5 Å². The number of carbonyl (C=O) groups is 1. The van der Waals surface area contributed by atoms with Gasteiger partial charge in [-0.15, -0.1) is 0 Å². The number of aromatic amines is 1. The number of hydrogen-bond donors (Lipinski definition) is 2. The lowest BCUT2D eigenvalue weighted by molar-refractivity contribution is 0.102. The first-order valence-corrected chi connectivity index (χ1v) is 10.1. The molecule has 0 atom stereocenters. The number of amides is 1. The summed E-state index contributed by atoms with van der Waals surface area (Å²) >= 11 is 5.96. The number of fused-ring (bicyclic) bond motifs is 1. The van der Waals surface area contributed by atoms with Crippen LogP contribution in [0, 0.1) is 13.8 Å². The zero-order valence-corrected chi connectivity index (χ0v) is 17.9. The molecule has 2 aromatic heterocycles. The second-order valence-corrected chi connectivity index (χ2v) is 7.58. The second kappa shape index (κ2) is 8.34. The Labute approximate surface area is 179 Å². The molecule has 4 aromatic rings. The van der Waals surface area contributed by atoms with Crippen LogP contribution in [0.2, 0.25) is 5.02 Å². The summed E-state index contributed by atoms with van der Waals surface area (Å²) in [5, 5.41) is 3.68. The van der Waals surface area contributed by atoms with Crippen molar-refractivity contribution in [3.8, 4) is 11.4 Å². The van der Waals surface area contributed by atoms with Crippen LogP contribution in [-0.2, 0) is 11.3 Å². The number of para-hydroxylation sites is 2. The molecule has 0 aliphatic carbocycles. The molecular formula is C23H23ClN4O2.